The molecule has 0 saturated carbocycles. The van der Waals surface area contributed by atoms with Crippen molar-refractivity contribution in [1.82, 2.24) is 5.32 Å². The second-order valence-corrected chi connectivity index (χ2v) is 6.18. The number of hydrogen-bond acceptors (Lipinski definition) is 3. The maximum atomic E-state index is 11.5. The summed E-state index contributed by atoms with van der Waals surface area (Å²) in [6, 6.07) is 7.57. The molecule has 3 N–H and O–H groups in total. The molecule has 0 aliphatic heterocycles. The van der Waals surface area contributed by atoms with Crippen LogP contribution < -0.4 is 11.1 Å². The molecule has 1 unspecified atom stereocenters. The lowest BCUT2D eigenvalue weighted by Crippen LogP contribution is -2.40. The standard InChI is InChI=1S/C15H23ClN2O2/c1-15(2,3)20-14(19)18-10-12(17)9-8-11-6-4-5-7-13(11)16/h4-7,12H,8-10,17H2,1-3H3,(H,18,19). The highest BCUT2D eigenvalue weighted by molar-refractivity contribution is 6.31. The van der Waals surface area contributed by atoms with Crippen LogP contribution in [0, 0.1) is 0 Å². The van der Waals surface area contributed by atoms with Crippen LogP contribution >= 0.6 is 11.6 Å². The Balaban J connectivity index is 2.29. The van der Waals surface area contributed by atoms with Gasteiger partial charge in [-0.05, 0) is 45.2 Å². The van der Waals surface area contributed by atoms with Crippen molar-refractivity contribution < 1.29 is 9.53 Å². The number of nitrogens with one attached hydrogen (secondary N) is 1. The summed E-state index contributed by atoms with van der Waals surface area (Å²) in [5.41, 5.74) is 6.55. The Labute approximate surface area is 125 Å². The fraction of sp³-hybridized carbons (Fsp3) is 0.533. The van der Waals surface area contributed by atoms with E-state index in [0.29, 0.717) is 6.54 Å². The lowest BCUT2D eigenvalue weighted by atomic mass is 10.1. The van der Waals surface area contributed by atoms with Crippen LogP contribution in [0.3, 0.4) is 0 Å². The number of aryl methyl sites for hydroxylation is 1. The van der Waals surface area contributed by atoms with Gasteiger partial charge in [-0.15, -0.1) is 0 Å². The summed E-state index contributed by atoms with van der Waals surface area (Å²) in [4.78, 5) is 11.5. The Morgan fingerprint density at radius 3 is 2.65 bits per heavy atom. The summed E-state index contributed by atoms with van der Waals surface area (Å²) in [7, 11) is 0. The molecule has 0 heterocycles. The Hall–Kier alpha value is -1.26. The highest BCUT2D eigenvalue weighted by atomic mass is 35.5. The van der Waals surface area contributed by atoms with Crippen molar-refractivity contribution in [2.24, 2.45) is 5.73 Å². The molecule has 0 aliphatic carbocycles. The first-order valence-corrected chi connectivity index (χ1v) is 7.11. The molecule has 0 aromatic heterocycles. The summed E-state index contributed by atoms with van der Waals surface area (Å²) < 4.78 is 5.14. The normalized spacial score (nSPS) is 12.8. The van der Waals surface area contributed by atoms with Crippen molar-refractivity contribution in [3.63, 3.8) is 0 Å². The molecule has 0 saturated heterocycles. The van der Waals surface area contributed by atoms with Crippen LogP contribution in [0.5, 0.6) is 0 Å². The van der Waals surface area contributed by atoms with E-state index in [-0.39, 0.29) is 6.04 Å². The highest BCUT2D eigenvalue weighted by Gasteiger charge is 2.16. The number of alkyl carbamates (subject to hydrolysis) is 1. The van der Waals surface area contributed by atoms with E-state index in [1.807, 2.05) is 45.0 Å². The third-order valence-corrected chi connectivity index (χ3v) is 3.02. The number of nitrogens with two attached hydrogens (primary N) is 1. The summed E-state index contributed by atoms with van der Waals surface area (Å²) in [5, 5.41) is 3.42. The number of amides is 1. The number of ether oxygens (including phenoxy) is 1. The molecule has 1 rings (SSSR count). The highest BCUT2D eigenvalue weighted by Crippen LogP contribution is 2.16. The number of carbonyl (C=O) groups is 1. The number of carbonyl (C=O) groups excluding carboxylic acids is 1. The Kier molecular flexibility index (Phi) is 6.30. The van der Waals surface area contributed by atoms with E-state index in [0.717, 1.165) is 23.4 Å². The van der Waals surface area contributed by atoms with Gasteiger partial charge in [-0.1, -0.05) is 29.8 Å². The molecule has 0 fully saturated rings. The van der Waals surface area contributed by atoms with Crippen LogP contribution in [0.15, 0.2) is 24.3 Å². The minimum absolute atomic E-state index is 0.126. The Morgan fingerprint density at radius 2 is 2.05 bits per heavy atom. The first kappa shape index (κ1) is 16.8. The van der Waals surface area contributed by atoms with E-state index < -0.39 is 11.7 Å². The molecule has 112 valence electrons. The van der Waals surface area contributed by atoms with E-state index in [2.05, 4.69) is 5.32 Å². The number of hydrogen-bond donors (Lipinski definition) is 2. The largest absolute Gasteiger partial charge is 0.444 e. The van der Waals surface area contributed by atoms with Crippen molar-refractivity contribution in [2.45, 2.75) is 45.3 Å². The minimum Gasteiger partial charge on any atom is -0.444 e. The first-order valence-electron chi connectivity index (χ1n) is 6.74. The number of benzene rings is 1. The van der Waals surface area contributed by atoms with Gasteiger partial charge in [0.05, 0.1) is 0 Å². The smallest absolute Gasteiger partial charge is 0.407 e. The maximum absolute atomic E-state index is 11.5. The van der Waals surface area contributed by atoms with Gasteiger partial charge in [0.1, 0.15) is 5.60 Å². The molecule has 1 aromatic rings. The van der Waals surface area contributed by atoms with Gasteiger partial charge in [0, 0.05) is 17.6 Å². The minimum atomic E-state index is -0.494. The van der Waals surface area contributed by atoms with Crippen LogP contribution in [0.2, 0.25) is 5.02 Å². The molecular formula is C15H23ClN2O2. The van der Waals surface area contributed by atoms with Crippen LogP contribution in [-0.4, -0.2) is 24.3 Å². The monoisotopic (exact) mass is 298 g/mol. The number of rotatable bonds is 5. The predicted octanol–water partition coefficient (Wildman–Crippen LogP) is 3.12. The molecule has 1 aromatic carbocycles. The molecule has 0 spiro atoms. The zero-order valence-corrected chi connectivity index (χ0v) is 13.0. The van der Waals surface area contributed by atoms with E-state index in [1.54, 1.807) is 0 Å². The zero-order valence-electron chi connectivity index (χ0n) is 12.3. The summed E-state index contributed by atoms with van der Waals surface area (Å²) in [6.07, 6.45) is 1.10. The van der Waals surface area contributed by atoms with Gasteiger partial charge in [-0.3, -0.25) is 0 Å². The van der Waals surface area contributed by atoms with Gasteiger partial charge in [-0.25, -0.2) is 4.79 Å². The second-order valence-electron chi connectivity index (χ2n) is 5.77. The maximum Gasteiger partial charge on any atom is 0.407 e. The predicted molar refractivity (Wildman–Crippen MR) is 82.0 cm³/mol. The number of halogens is 1. The molecule has 0 radical (unpaired) electrons. The summed E-state index contributed by atoms with van der Waals surface area (Å²) >= 11 is 6.08. The van der Waals surface area contributed by atoms with Crippen LogP contribution in [0.4, 0.5) is 4.79 Å². The fourth-order valence-corrected chi connectivity index (χ4v) is 1.90. The third-order valence-electron chi connectivity index (χ3n) is 2.65. The molecule has 0 bridgehead atoms. The van der Waals surface area contributed by atoms with Crippen molar-refractivity contribution in [3.05, 3.63) is 34.9 Å². The van der Waals surface area contributed by atoms with Gasteiger partial charge in [0.25, 0.3) is 0 Å². The molecule has 0 aliphatic rings. The quantitative estimate of drug-likeness (QED) is 0.878. The molecule has 5 heteroatoms. The average Bonchev–Trinajstić information content (AvgIpc) is 2.33. The summed E-state index contributed by atoms with van der Waals surface area (Å²) in [5.74, 6) is 0. The lowest BCUT2D eigenvalue weighted by molar-refractivity contribution is 0.0524. The molecule has 1 atom stereocenters. The van der Waals surface area contributed by atoms with Gasteiger partial charge < -0.3 is 15.8 Å². The third kappa shape index (κ3) is 6.78. The van der Waals surface area contributed by atoms with E-state index in [9.17, 15) is 4.79 Å². The van der Waals surface area contributed by atoms with Gasteiger partial charge in [-0.2, -0.15) is 0 Å². The van der Waals surface area contributed by atoms with Gasteiger partial charge in [0.2, 0.25) is 0 Å². The van der Waals surface area contributed by atoms with Crippen LogP contribution in [-0.2, 0) is 11.2 Å². The van der Waals surface area contributed by atoms with Crippen molar-refractivity contribution in [3.8, 4) is 0 Å². The van der Waals surface area contributed by atoms with Gasteiger partial charge in [0.15, 0.2) is 0 Å². The SMILES string of the molecule is CC(C)(C)OC(=O)NCC(N)CCc1ccccc1Cl. The molecule has 20 heavy (non-hydrogen) atoms. The first-order chi connectivity index (χ1) is 9.28. The summed E-state index contributed by atoms with van der Waals surface area (Å²) in [6.45, 7) is 5.86. The molecule has 1 amide bonds. The van der Waals surface area contributed by atoms with Crippen molar-refractivity contribution in [1.29, 1.82) is 0 Å². The topological polar surface area (TPSA) is 64.3 Å². The fourth-order valence-electron chi connectivity index (χ4n) is 1.67. The average molecular weight is 299 g/mol. The Bertz CT molecular complexity index is 444. The van der Waals surface area contributed by atoms with E-state index >= 15 is 0 Å². The van der Waals surface area contributed by atoms with Crippen LogP contribution in [0.25, 0.3) is 0 Å². The van der Waals surface area contributed by atoms with Crippen molar-refractivity contribution >= 4 is 17.7 Å². The van der Waals surface area contributed by atoms with Gasteiger partial charge >= 0.3 is 6.09 Å². The van der Waals surface area contributed by atoms with E-state index in [4.69, 9.17) is 22.1 Å². The van der Waals surface area contributed by atoms with Crippen LogP contribution in [0.1, 0.15) is 32.8 Å². The van der Waals surface area contributed by atoms with E-state index in [1.165, 1.54) is 0 Å². The Morgan fingerprint density at radius 1 is 1.40 bits per heavy atom. The van der Waals surface area contributed by atoms with Crippen molar-refractivity contribution in [2.75, 3.05) is 6.54 Å². The lowest BCUT2D eigenvalue weighted by Gasteiger charge is -2.20. The second kappa shape index (κ2) is 7.50. The molecular weight excluding hydrogens is 276 g/mol. The zero-order chi connectivity index (χ0) is 15.2. The molecule has 4 nitrogen and oxygen atoms in total.